The molecule has 1 fully saturated rings. The van der Waals surface area contributed by atoms with Gasteiger partial charge in [0.05, 0.1) is 18.3 Å². The van der Waals surface area contributed by atoms with Crippen LogP contribution >= 0.6 is 0 Å². The Morgan fingerprint density at radius 3 is 2.40 bits per heavy atom. The van der Waals surface area contributed by atoms with Gasteiger partial charge in [-0.15, -0.1) is 0 Å². The molecule has 0 spiro atoms. The Labute approximate surface area is 153 Å². The van der Waals surface area contributed by atoms with Gasteiger partial charge in [0.2, 0.25) is 0 Å². The molecule has 0 radical (unpaired) electrons. The Morgan fingerprint density at radius 1 is 1.04 bits per heavy atom. The van der Waals surface area contributed by atoms with E-state index in [0.717, 1.165) is 24.1 Å². The third-order valence-corrected chi connectivity index (χ3v) is 6.13. The van der Waals surface area contributed by atoms with Crippen molar-refractivity contribution < 1.29 is 0 Å². The van der Waals surface area contributed by atoms with E-state index in [4.69, 9.17) is 5.10 Å². The molecule has 1 saturated heterocycles. The highest BCUT2D eigenvalue weighted by Crippen LogP contribution is 2.35. The first-order chi connectivity index (χ1) is 12.2. The summed E-state index contributed by atoms with van der Waals surface area (Å²) >= 11 is 0. The van der Waals surface area contributed by atoms with E-state index in [-0.39, 0.29) is 0 Å². The first-order valence-corrected chi connectivity index (χ1v) is 10.2. The highest BCUT2D eigenvalue weighted by atomic mass is 15.6. The van der Waals surface area contributed by atoms with Crippen LogP contribution in [0.25, 0.3) is 0 Å². The highest BCUT2D eigenvalue weighted by Gasteiger charge is 2.41. The lowest BCUT2D eigenvalue weighted by Crippen LogP contribution is -2.55. The predicted molar refractivity (Wildman–Crippen MR) is 108 cm³/mol. The predicted octanol–water partition coefficient (Wildman–Crippen LogP) is 3.56. The molecular formula is C21H35N4+. The summed E-state index contributed by atoms with van der Waals surface area (Å²) in [5.41, 5.74) is 2.69. The summed E-state index contributed by atoms with van der Waals surface area (Å²) in [6.07, 6.45) is 5.87. The lowest BCUT2D eigenvalue weighted by atomic mass is 10.1. The molecule has 2 aliphatic rings. The summed E-state index contributed by atoms with van der Waals surface area (Å²) in [6.45, 7) is 15.3. The van der Waals surface area contributed by atoms with Gasteiger partial charge in [0.1, 0.15) is 12.6 Å². The largest absolute Gasteiger partial charge is 0.301 e. The van der Waals surface area contributed by atoms with E-state index in [1.54, 1.807) is 0 Å². The van der Waals surface area contributed by atoms with Gasteiger partial charge in [-0.25, -0.2) is 0 Å². The molecule has 0 aromatic heterocycles. The maximum Gasteiger partial charge on any atom is 0.168 e. The van der Waals surface area contributed by atoms with E-state index in [9.17, 15) is 0 Å². The number of quaternary nitrogens is 1. The Balaban J connectivity index is 1.62. The van der Waals surface area contributed by atoms with Crippen molar-refractivity contribution in [3.05, 3.63) is 29.8 Å². The average Bonchev–Trinajstić information content (AvgIpc) is 3.05. The molecule has 0 saturated carbocycles. The maximum absolute atomic E-state index is 5.02. The second-order valence-electron chi connectivity index (χ2n) is 7.65. The van der Waals surface area contributed by atoms with E-state index in [1.165, 1.54) is 56.8 Å². The van der Waals surface area contributed by atoms with Gasteiger partial charge in [-0.1, -0.05) is 37.5 Å². The Morgan fingerprint density at radius 2 is 1.72 bits per heavy atom. The number of hydrogen-bond donors (Lipinski definition) is 0. The summed E-state index contributed by atoms with van der Waals surface area (Å²) in [5.74, 6) is 0. The SMILES string of the molecule is CCCCN1CCN(CC[N+]2(C(C)CC)N=Cc3ccccc32)CC1. The number of rotatable bonds is 8. The van der Waals surface area contributed by atoms with Crippen LogP contribution in [0.15, 0.2) is 29.4 Å². The van der Waals surface area contributed by atoms with Crippen LogP contribution in [-0.4, -0.2) is 67.9 Å². The Bertz CT molecular complexity index is 577. The zero-order chi connectivity index (χ0) is 17.7. The number of piperazine rings is 1. The fourth-order valence-corrected chi connectivity index (χ4v) is 4.14. The van der Waals surface area contributed by atoms with E-state index >= 15 is 0 Å². The van der Waals surface area contributed by atoms with Gasteiger partial charge < -0.3 is 4.90 Å². The van der Waals surface area contributed by atoms with Crippen molar-refractivity contribution >= 4 is 11.9 Å². The quantitative estimate of drug-likeness (QED) is 0.672. The number of fused-ring (bicyclic) bond motifs is 1. The van der Waals surface area contributed by atoms with Gasteiger partial charge in [-0.05, 0) is 32.4 Å². The minimum absolute atomic E-state index is 0.519. The molecule has 3 rings (SSSR count). The Hall–Kier alpha value is -1.23. The summed E-state index contributed by atoms with van der Waals surface area (Å²) in [5, 5.41) is 5.02. The standard InChI is InChI=1S/C21H35N4/c1-4-6-11-23-12-14-24(15-13-23)16-17-25(19(3)5-2)21-10-8-7-9-20(21)18-22-25/h7-10,18-19H,4-6,11-17H2,1-3H3/q+1. The van der Waals surface area contributed by atoms with Crippen LogP contribution in [0.5, 0.6) is 0 Å². The van der Waals surface area contributed by atoms with Crippen LogP contribution in [0.4, 0.5) is 5.69 Å². The number of hydrogen-bond acceptors (Lipinski definition) is 3. The van der Waals surface area contributed by atoms with Gasteiger partial charge in [-0.3, -0.25) is 4.90 Å². The lowest BCUT2D eigenvalue weighted by Gasteiger charge is -2.39. The van der Waals surface area contributed by atoms with Crippen LogP contribution < -0.4 is 4.59 Å². The van der Waals surface area contributed by atoms with Crippen molar-refractivity contribution in [1.82, 2.24) is 14.4 Å². The molecule has 0 N–H and O–H groups in total. The third kappa shape index (κ3) is 3.97. The molecule has 2 heterocycles. The zero-order valence-electron chi connectivity index (χ0n) is 16.3. The highest BCUT2D eigenvalue weighted by molar-refractivity contribution is 5.91. The van der Waals surface area contributed by atoms with Gasteiger partial charge >= 0.3 is 0 Å². The van der Waals surface area contributed by atoms with Crippen molar-refractivity contribution in [2.75, 3.05) is 45.8 Å². The van der Waals surface area contributed by atoms with E-state index < -0.39 is 0 Å². The second-order valence-corrected chi connectivity index (χ2v) is 7.65. The van der Waals surface area contributed by atoms with Gasteiger partial charge in [0.25, 0.3) is 0 Å². The second kappa shape index (κ2) is 8.43. The summed E-state index contributed by atoms with van der Waals surface area (Å²) in [7, 11) is 0. The molecule has 0 bridgehead atoms. The number of nitrogens with zero attached hydrogens (tertiary/aromatic N) is 4. The minimum Gasteiger partial charge on any atom is -0.301 e. The van der Waals surface area contributed by atoms with Crippen molar-refractivity contribution in [2.24, 2.45) is 5.10 Å². The lowest BCUT2D eigenvalue weighted by molar-refractivity contribution is 0.111. The molecule has 2 unspecified atom stereocenters. The molecule has 138 valence electrons. The summed E-state index contributed by atoms with van der Waals surface area (Å²) < 4.78 is 0.780. The Kier molecular flexibility index (Phi) is 6.26. The number of para-hydroxylation sites is 1. The molecule has 1 aromatic rings. The molecule has 2 aliphatic heterocycles. The van der Waals surface area contributed by atoms with Gasteiger partial charge in [0.15, 0.2) is 5.69 Å². The topological polar surface area (TPSA) is 18.8 Å². The van der Waals surface area contributed by atoms with E-state index in [0.29, 0.717) is 6.04 Å². The average molecular weight is 344 g/mol. The molecule has 4 heteroatoms. The molecule has 2 atom stereocenters. The monoisotopic (exact) mass is 343 g/mol. The first-order valence-electron chi connectivity index (χ1n) is 10.2. The van der Waals surface area contributed by atoms with Gasteiger partial charge in [-0.2, -0.15) is 4.59 Å². The number of unbranched alkanes of at least 4 members (excludes halogenated alkanes) is 1. The van der Waals surface area contributed by atoms with Crippen LogP contribution in [0.1, 0.15) is 45.6 Å². The fraction of sp³-hybridized carbons (Fsp3) is 0.667. The molecular weight excluding hydrogens is 308 g/mol. The normalized spacial score (nSPS) is 25.2. The van der Waals surface area contributed by atoms with Crippen LogP contribution in [-0.2, 0) is 0 Å². The molecule has 0 amide bonds. The van der Waals surface area contributed by atoms with Crippen molar-refractivity contribution in [1.29, 1.82) is 0 Å². The fourth-order valence-electron chi connectivity index (χ4n) is 4.14. The zero-order valence-corrected chi connectivity index (χ0v) is 16.3. The third-order valence-electron chi connectivity index (χ3n) is 6.13. The summed E-state index contributed by atoms with van der Waals surface area (Å²) in [6, 6.07) is 9.28. The van der Waals surface area contributed by atoms with Crippen LogP contribution in [0.3, 0.4) is 0 Å². The molecule has 25 heavy (non-hydrogen) atoms. The van der Waals surface area contributed by atoms with Gasteiger partial charge in [0, 0.05) is 32.2 Å². The molecule has 0 aliphatic carbocycles. The smallest absolute Gasteiger partial charge is 0.168 e. The van der Waals surface area contributed by atoms with Crippen molar-refractivity contribution in [3.8, 4) is 0 Å². The minimum atomic E-state index is 0.519. The number of benzene rings is 1. The van der Waals surface area contributed by atoms with Crippen LogP contribution in [0, 0.1) is 0 Å². The van der Waals surface area contributed by atoms with Crippen molar-refractivity contribution in [3.63, 3.8) is 0 Å². The molecule has 1 aromatic carbocycles. The van der Waals surface area contributed by atoms with Crippen LogP contribution in [0.2, 0.25) is 0 Å². The van der Waals surface area contributed by atoms with Crippen molar-refractivity contribution in [2.45, 2.75) is 46.1 Å². The van der Waals surface area contributed by atoms with E-state index in [1.807, 2.05) is 0 Å². The first kappa shape index (κ1) is 18.6. The van der Waals surface area contributed by atoms with E-state index in [2.05, 4.69) is 61.1 Å². The molecule has 4 nitrogen and oxygen atoms in total. The maximum atomic E-state index is 5.02. The summed E-state index contributed by atoms with van der Waals surface area (Å²) in [4.78, 5) is 5.27.